The zero-order chi connectivity index (χ0) is 11.8. The number of benzene rings is 1. The van der Waals surface area contributed by atoms with Crippen LogP contribution in [0.5, 0.6) is 0 Å². The number of rotatable bonds is 1. The van der Waals surface area contributed by atoms with E-state index in [9.17, 15) is 0 Å². The quantitative estimate of drug-likeness (QED) is 0.744. The van der Waals surface area contributed by atoms with E-state index in [1.807, 2.05) is 6.92 Å². The van der Waals surface area contributed by atoms with Gasteiger partial charge in [0.05, 0.1) is 0 Å². The number of aryl methyl sites for hydroxylation is 2. The van der Waals surface area contributed by atoms with Crippen LogP contribution in [-0.2, 0) is 5.41 Å². The Labute approximate surface area is 93.7 Å². The predicted octanol–water partition coefficient (Wildman–Crippen LogP) is 3.62. The molecule has 0 bridgehead atoms. The Morgan fingerprint density at radius 2 is 1.47 bits per heavy atom. The fourth-order valence-corrected chi connectivity index (χ4v) is 2.13. The van der Waals surface area contributed by atoms with Gasteiger partial charge in [0.1, 0.15) is 0 Å². The molecular formula is C14H23N. The van der Waals surface area contributed by atoms with Gasteiger partial charge in [-0.3, -0.25) is 0 Å². The highest BCUT2D eigenvalue weighted by molar-refractivity contribution is 5.41. The van der Waals surface area contributed by atoms with Crippen LogP contribution >= 0.6 is 0 Å². The summed E-state index contributed by atoms with van der Waals surface area (Å²) in [4.78, 5) is 0. The highest BCUT2D eigenvalue weighted by atomic mass is 14.6. The molecule has 1 aromatic rings. The second kappa shape index (κ2) is 3.97. The summed E-state index contributed by atoms with van der Waals surface area (Å²) in [5, 5.41) is 0. The molecule has 84 valence electrons. The Balaban J connectivity index is 3.32. The molecule has 0 aliphatic heterocycles. The first-order valence-corrected chi connectivity index (χ1v) is 5.60. The molecule has 0 amide bonds. The van der Waals surface area contributed by atoms with Crippen molar-refractivity contribution in [3.05, 3.63) is 34.4 Å². The van der Waals surface area contributed by atoms with E-state index in [1.165, 1.54) is 22.3 Å². The summed E-state index contributed by atoms with van der Waals surface area (Å²) in [6.07, 6.45) is 0. The van der Waals surface area contributed by atoms with E-state index in [2.05, 4.69) is 46.8 Å². The monoisotopic (exact) mass is 205 g/mol. The zero-order valence-electron chi connectivity index (χ0n) is 10.8. The van der Waals surface area contributed by atoms with Crippen LogP contribution in [0.2, 0.25) is 0 Å². The summed E-state index contributed by atoms with van der Waals surface area (Å²) in [6.45, 7) is 13.1. The van der Waals surface area contributed by atoms with Crippen LogP contribution in [0, 0.1) is 13.8 Å². The molecule has 0 radical (unpaired) electrons. The van der Waals surface area contributed by atoms with Gasteiger partial charge in [-0.15, -0.1) is 0 Å². The van der Waals surface area contributed by atoms with Crippen LogP contribution in [0.25, 0.3) is 0 Å². The average molecular weight is 205 g/mol. The van der Waals surface area contributed by atoms with Crippen LogP contribution in [0.1, 0.15) is 56.0 Å². The molecule has 0 aliphatic carbocycles. The Hall–Kier alpha value is -0.820. The third-order valence-electron chi connectivity index (χ3n) is 2.92. The van der Waals surface area contributed by atoms with E-state index >= 15 is 0 Å². The van der Waals surface area contributed by atoms with Gasteiger partial charge in [0.15, 0.2) is 0 Å². The lowest BCUT2D eigenvalue weighted by Crippen LogP contribution is -2.15. The van der Waals surface area contributed by atoms with Crippen LogP contribution in [0.15, 0.2) is 12.1 Å². The molecule has 1 atom stereocenters. The molecule has 0 fully saturated rings. The van der Waals surface area contributed by atoms with E-state index in [0.717, 1.165) is 0 Å². The smallest absolute Gasteiger partial charge is 0.0271 e. The van der Waals surface area contributed by atoms with E-state index in [-0.39, 0.29) is 11.5 Å². The molecule has 1 aromatic carbocycles. The van der Waals surface area contributed by atoms with Crippen LogP contribution in [0.4, 0.5) is 0 Å². The third kappa shape index (κ3) is 2.60. The van der Waals surface area contributed by atoms with Crippen LogP contribution in [0.3, 0.4) is 0 Å². The van der Waals surface area contributed by atoms with Gasteiger partial charge < -0.3 is 5.73 Å². The van der Waals surface area contributed by atoms with Gasteiger partial charge in [-0.2, -0.15) is 0 Å². The summed E-state index contributed by atoms with van der Waals surface area (Å²) in [7, 11) is 0. The van der Waals surface area contributed by atoms with Gasteiger partial charge in [0.25, 0.3) is 0 Å². The first-order chi connectivity index (χ1) is 6.73. The first-order valence-electron chi connectivity index (χ1n) is 5.60. The van der Waals surface area contributed by atoms with Crippen molar-refractivity contribution in [1.82, 2.24) is 0 Å². The summed E-state index contributed by atoms with van der Waals surface area (Å²) in [6, 6.07) is 4.66. The molecule has 0 spiro atoms. The van der Waals surface area contributed by atoms with Gasteiger partial charge in [0.2, 0.25) is 0 Å². The minimum Gasteiger partial charge on any atom is -0.324 e. The Morgan fingerprint density at radius 1 is 1.07 bits per heavy atom. The normalized spacial score (nSPS) is 14.1. The molecule has 1 heteroatoms. The third-order valence-corrected chi connectivity index (χ3v) is 2.92. The second-order valence-corrected chi connectivity index (χ2v) is 5.56. The molecule has 1 nitrogen and oxygen atoms in total. The maximum Gasteiger partial charge on any atom is 0.0271 e. The highest BCUT2D eigenvalue weighted by Crippen LogP contribution is 2.28. The fraction of sp³-hybridized carbons (Fsp3) is 0.571. The lowest BCUT2D eigenvalue weighted by atomic mass is 9.83. The topological polar surface area (TPSA) is 26.0 Å². The van der Waals surface area contributed by atoms with Gasteiger partial charge in [-0.25, -0.2) is 0 Å². The predicted molar refractivity (Wildman–Crippen MR) is 67.2 cm³/mol. The molecule has 0 aliphatic rings. The molecule has 1 rings (SSSR count). The molecule has 0 saturated carbocycles. The molecular weight excluding hydrogens is 182 g/mol. The minimum atomic E-state index is 0.124. The Morgan fingerprint density at radius 3 is 1.73 bits per heavy atom. The molecule has 2 N–H and O–H groups in total. The van der Waals surface area contributed by atoms with Gasteiger partial charge >= 0.3 is 0 Å². The zero-order valence-corrected chi connectivity index (χ0v) is 10.8. The average Bonchev–Trinajstić information content (AvgIpc) is 1.99. The SMILES string of the molecule is Cc1cc(C(C)(C)C)cc(C)c1C(C)N. The summed E-state index contributed by atoms with van der Waals surface area (Å²) < 4.78 is 0. The summed E-state index contributed by atoms with van der Waals surface area (Å²) in [5.74, 6) is 0. The Bertz CT molecular complexity index is 333. The van der Waals surface area contributed by atoms with E-state index in [4.69, 9.17) is 5.73 Å². The fourth-order valence-electron chi connectivity index (χ4n) is 2.13. The standard InChI is InChI=1S/C14H23N/c1-9-7-12(14(4,5)6)8-10(2)13(9)11(3)15/h7-8,11H,15H2,1-6H3. The van der Waals surface area contributed by atoms with Gasteiger partial charge in [-0.05, 0) is 48.4 Å². The molecule has 0 saturated heterocycles. The Kier molecular flexibility index (Phi) is 3.25. The van der Waals surface area contributed by atoms with Gasteiger partial charge in [-0.1, -0.05) is 32.9 Å². The van der Waals surface area contributed by atoms with E-state index in [0.29, 0.717) is 0 Å². The van der Waals surface area contributed by atoms with Crippen molar-refractivity contribution in [2.45, 2.75) is 53.0 Å². The minimum absolute atomic E-state index is 0.124. The van der Waals surface area contributed by atoms with Crippen molar-refractivity contribution in [3.63, 3.8) is 0 Å². The van der Waals surface area contributed by atoms with Gasteiger partial charge in [0, 0.05) is 6.04 Å². The van der Waals surface area contributed by atoms with Crippen molar-refractivity contribution >= 4 is 0 Å². The van der Waals surface area contributed by atoms with E-state index in [1.54, 1.807) is 0 Å². The lowest BCUT2D eigenvalue weighted by Gasteiger charge is -2.23. The molecule has 1 unspecified atom stereocenters. The summed E-state index contributed by atoms with van der Waals surface area (Å²) in [5.41, 5.74) is 11.5. The van der Waals surface area contributed by atoms with Crippen molar-refractivity contribution in [2.75, 3.05) is 0 Å². The highest BCUT2D eigenvalue weighted by Gasteiger charge is 2.17. The van der Waals surface area contributed by atoms with E-state index < -0.39 is 0 Å². The number of hydrogen-bond acceptors (Lipinski definition) is 1. The van der Waals surface area contributed by atoms with Crippen molar-refractivity contribution < 1.29 is 0 Å². The van der Waals surface area contributed by atoms with Crippen molar-refractivity contribution in [2.24, 2.45) is 5.73 Å². The van der Waals surface area contributed by atoms with Crippen molar-refractivity contribution in [1.29, 1.82) is 0 Å². The van der Waals surface area contributed by atoms with Crippen LogP contribution in [-0.4, -0.2) is 0 Å². The maximum absolute atomic E-state index is 5.97. The lowest BCUT2D eigenvalue weighted by molar-refractivity contribution is 0.588. The number of nitrogens with two attached hydrogens (primary N) is 1. The molecule has 0 aromatic heterocycles. The summed E-state index contributed by atoms with van der Waals surface area (Å²) >= 11 is 0. The first kappa shape index (κ1) is 12.3. The molecule has 0 heterocycles. The number of hydrogen-bond donors (Lipinski definition) is 1. The second-order valence-electron chi connectivity index (χ2n) is 5.56. The largest absolute Gasteiger partial charge is 0.324 e. The van der Waals surface area contributed by atoms with Crippen LogP contribution < -0.4 is 5.73 Å². The molecule has 15 heavy (non-hydrogen) atoms. The van der Waals surface area contributed by atoms with Crippen molar-refractivity contribution in [3.8, 4) is 0 Å². The maximum atomic E-state index is 5.97.